The van der Waals surface area contributed by atoms with Gasteiger partial charge in [-0.3, -0.25) is 0 Å². The first kappa shape index (κ1) is 17.0. The molecule has 19 heavy (non-hydrogen) atoms. The maximum absolute atomic E-state index is 6.26. The van der Waals surface area contributed by atoms with E-state index in [9.17, 15) is 0 Å². The average molecular weight is 269 g/mol. The standard InChI is InChI=1S/C17H35NO/c1-7-14(4)16(18-8-2)12-19-15-9-13(3)10-17(5,6)11-15/h13-16,18H,7-12H2,1-6H3. The van der Waals surface area contributed by atoms with Crippen LogP contribution in [0.25, 0.3) is 0 Å². The molecule has 1 saturated carbocycles. The SMILES string of the molecule is CCNC(COC1CC(C)CC(C)(C)C1)C(C)CC. The zero-order valence-electron chi connectivity index (χ0n) is 14.0. The second-order valence-electron chi connectivity index (χ2n) is 7.42. The summed E-state index contributed by atoms with van der Waals surface area (Å²) in [5.41, 5.74) is 0.451. The van der Waals surface area contributed by atoms with Crippen molar-refractivity contribution >= 4 is 0 Å². The monoisotopic (exact) mass is 269 g/mol. The van der Waals surface area contributed by atoms with Crippen molar-refractivity contribution < 1.29 is 4.74 Å². The van der Waals surface area contributed by atoms with Crippen LogP contribution >= 0.6 is 0 Å². The summed E-state index contributed by atoms with van der Waals surface area (Å²) >= 11 is 0. The van der Waals surface area contributed by atoms with Crippen molar-refractivity contribution in [1.29, 1.82) is 0 Å². The highest BCUT2D eigenvalue weighted by molar-refractivity contribution is 4.84. The van der Waals surface area contributed by atoms with Crippen LogP contribution in [0.4, 0.5) is 0 Å². The van der Waals surface area contributed by atoms with Crippen LogP contribution in [0.3, 0.4) is 0 Å². The van der Waals surface area contributed by atoms with Crippen LogP contribution in [0.5, 0.6) is 0 Å². The van der Waals surface area contributed by atoms with Gasteiger partial charge in [0.25, 0.3) is 0 Å². The van der Waals surface area contributed by atoms with E-state index in [0.29, 0.717) is 23.5 Å². The first-order chi connectivity index (χ1) is 8.88. The summed E-state index contributed by atoms with van der Waals surface area (Å²) in [6.07, 6.45) is 5.48. The molecule has 2 nitrogen and oxygen atoms in total. The summed E-state index contributed by atoms with van der Waals surface area (Å²) in [6, 6.07) is 0.510. The topological polar surface area (TPSA) is 21.3 Å². The van der Waals surface area contributed by atoms with Gasteiger partial charge in [-0.25, -0.2) is 0 Å². The molecule has 0 amide bonds. The lowest BCUT2D eigenvalue weighted by Gasteiger charge is -2.39. The van der Waals surface area contributed by atoms with Gasteiger partial charge in [-0.15, -0.1) is 0 Å². The van der Waals surface area contributed by atoms with Crippen molar-refractivity contribution in [2.24, 2.45) is 17.3 Å². The predicted octanol–water partition coefficient (Wildman–Crippen LogP) is 4.24. The van der Waals surface area contributed by atoms with Crippen molar-refractivity contribution in [3.05, 3.63) is 0 Å². The largest absolute Gasteiger partial charge is 0.377 e. The fraction of sp³-hybridized carbons (Fsp3) is 1.00. The van der Waals surface area contributed by atoms with E-state index in [1.165, 1.54) is 25.7 Å². The van der Waals surface area contributed by atoms with E-state index in [1.807, 2.05) is 0 Å². The molecule has 0 aliphatic heterocycles. The highest BCUT2D eigenvalue weighted by Crippen LogP contribution is 2.39. The number of hydrogen-bond donors (Lipinski definition) is 1. The van der Waals surface area contributed by atoms with Gasteiger partial charge in [0.2, 0.25) is 0 Å². The van der Waals surface area contributed by atoms with Crippen LogP contribution < -0.4 is 5.32 Å². The maximum atomic E-state index is 6.26. The van der Waals surface area contributed by atoms with E-state index in [2.05, 4.69) is 46.9 Å². The highest BCUT2D eigenvalue weighted by Gasteiger charge is 2.33. The Balaban J connectivity index is 2.45. The lowest BCUT2D eigenvalue weighted by atomic mass is 9.71. The van der Waals surface area contributed by atoms with E-state index >= 15 is 0 Å². The Kier molecular flexibility index (Phi) is 6.82. The van der Waals surface area contributed by atoms with Gasteiger partial charge < -0.3 is 10.1 Å². The Morgan fingerprint density at radius 3 is 2.47 bits per heavy atom. The highest BCUT2D eigenvalue weighted by atomic mass is 16.5. The molecule has 1 rings (SSSR count). The summed E-state index contributed by atoms with van der Waals surface area (Å²) in [5.74, 6) is 1.49. The Morgan fingerprint density at radius 2 is 1.95 bits per heavy atom. The number of ether oxygens (including phenoxy) is 1. The predicted molar refractivity (Wildman–Crippen MR) is 83.5 cm³/mol. The fourth-order valence-corrected chi connectivity index (χ4v) is 3.60. The molecule has 0 spiro atoms. The average Bonchev–Trinajstić information content (AvgIpc) is 2.31. The summed E-state index contributed by atoms with van der Waals surface area (Å²) in [4.78, 5) is 0. The molecule has 114 valence electrons. The lowest BCUT2D eigenvalue weighted by Crippen LogP contribution is -2.41. The lowest BCUT2D eigenvalue weighted by molar-refractivity contribution is -0.0353. The molecule has 0 saturated heterocycles. The second kappa shape index (κ2) is 7.64. The summed E-state index contributed by atoms with van der Waals surface area (Å²) in [7, 11) is 0. The first-order valence-electron chi connectivity index (χ1n) is 8.23. The van der Waals surface area contributed by atoms with E-state index in [1.54, 1.807) is 0 Å². The van der Waals surface area contributed by atoms with E-state index in [4.69, 9.17) is 4.74 Å². The molecular weight excluding hydrogens is 234 g/mol. The van der Waals surface area contributed by atoms with Gasteiger partial charge in [0.1, 0.15) is 0 Å². The van der Waals surface area contributed by atoms with Crippen LogP contribution in [0, 0.1) is 17.3 Å². The normalized spacial score (nSPS) is 30.0. The van der Waals surface area contributed by atoms with Crippen LogP contribution in [0.2, 0.25) is 0 Å². The van der Waals surface area contributed by atoms with Crippen molar-refractivity contribution in [3.63, 3.8) is 0 Å². The molecule has 0 heterocycles. The minimum Gasteiger partial charge on any atom is -0.377 e. The molecule has 4 atom stereocenters. The Labute approximate surface area is 120 Å². The Morgan fingerprint density at radius 1 is 1.26 bits per heavy atom. The maximum Gasteiger partial charge on any atom is 0.0625 e. The van der Waals surface area contributed by atoms with Crippen LogP contribution in [-0.4, -0.2) is 25.3 Å². The minimum absolute atomic E-state index is 0.451. The van der Waals surface area contributed by atoms with E-state index in [-0.39, 0.29) is 0 Å². The third-order valence-electron chi connectivity index (χ3n) is 4.66. The molecular formula is C17H35NO. The second-order valence-corrected chi connectivity index (χ2v) is 7.42. The van der Waals surface area contributed by atoms with Gasteiger partial charge in [0, 0.05) is 6.04 Å². The van der Waals surface area contributed by atoms with Gasteiger partial charge in [-0.2, -0.15) is 0 Å². The molecule has 0 bridgehead atoms. The molecule has 1 aliphatic rings. The molecule has 1 N–H and O–H groups in total. The molecule has 4 unspecified atom stereocenters. The molecule has 0 aromatic rings. The van der Waals surface area contributed by atoms with Crippen LogP contribution in [0.1, 0.15) is 67.2 Å². The smallest absolute Gasteiger partial charge is 0.0625 e. The van der Waals surface area contributed by atoms with Gasteiger partial charge in [-0.05, 0) is 43.1 Å². The third-order valence-corrected chi connectivity index (χ3v) is 4.66. The molecule has 0 radical (unpaired) electrons. The number of rotatable bonds is 7. The molecule has 2 heteroatoms. The summed E-state index contributed by atoms with van der Waals surface area (Å²) in [6.45, 7) is 15.8. The molecule has 0 aromatic heterocycles. The first-order valence-corrected chi connectivity index (χ1v) is 8.23. The van der Waals surface area contributed by atoms with Gasteiger partial charge in [0.15, 0.2) is 0 Å². The van der Waals surface area contributed by atoms with Gasteiger partial charge >= 0.3 is 0 Å². The van der Waals surface area contributed by atoms with Crippen molar-refractivity contribution in [2.75, 3.05) is 13.2 Å². The summed E-state index contributed by atoms with van der Waals surface area (Å²) < 4.78 is 6.26. The minimum atomic E-state index is 0.451. The van der Waals surface area contributed by atoms with E-state index in [0.717, 1.165) is 19.1 Å². The fourth-order valence-electron chi connectivity index (χ4n) is 3.60. The molecule has 1 aliphatic carbocycles. The van der Waals surface area contributed by atoms with Crippen molar-refractivity contribution in [2.45, 2.75) is 79.4 Å². The van der Waals surface area contributed by atoms with Crippen molar-refractivity contribution in [3.8, 4) is 0 Å². The molecule has 0 aromatic carbocycles. The van der Waals surface area contributed by atoms with Crippen LogP contribution in [0.15, 0.2) is 0 Å². The number of nitrogens with one attached hydrogen (secondary N) is 1. The Bertz CT molecular complexity index is 252. The summed E-state index contributed by atoms with van der Waals surface area (Å²) in [5, 5.41) is 3.58. The Hall–Kier alpha value is -0.0800. The van der Waals surface area contributed by atoms with E-state index < -0.39 is 0 Å². The van der Waals surface area contributed by atoms with Gasteiger partial charge in [-0.1, -0.05) is 48.0 Å². The van der Waals surface area contributed by atoms with Crippen molar-refractivity contribution in [1.82, 2.24) is 5.32 Å². The zero-order chi connectivity index (χ0) is 14.5. The zero-order valence-corrected chi connectivity index (χ0v) is 14.0. The number of hydrogen-bond acceptors (Lipinski definition) is 2. The molecule has 1 fully saturated rings. The van der Waals surface area contributed by atoms with Gasteiger partial charge in [0.05, 0.1) is 12.7 Å². The van der Waals surface area contributed by atoms with Crippen LogP contribution in [-0.2, 0) is 4.74 Å². The number of likely N-dealkylation sites (N-methyl/N-ethyl adjacent to an activating group) is 1. The quantitative estimate of drug-likeness (QED) is 0.746. The third kappa shape index (κ3) is 5.83.